The molecule has 0 aliphatic carbocycles. The third kappa shape index (κ3) is 2.59. The van der Waals surface area contributed by atoms with Crippen molar-refractivity contribution in [2.75, 3.05) is 0 Å². The van der Waals surface area contributed by atoms with Crippen LogP contribution in [0.25, 0.3) is 6.08 Å². The largest absolute Gasteiger partial charge is 0.478 e. The number of carboxylic acids is 1. The van der Waals surface area contributed by atoms with E-state index in [-0.39, 0.29) is 0 Å². The fourth-order valence-corrected chi connectivity index (χ4v) is 1.07. The van der Waals surface area contributed by atoms with Crippen molar-refractivity contribution in [2.45, 2.75) is 0 Å². The maximum atomic E-state index is 13.0. The molecule has 0 aromatic heterocycles. The lowest BCUT2D eigenvalue weighted by Gasteiger charge is -1.99. The number of hydrogen-bond donors (Lipinski definition) is 1. The van der Waals surface area contributed by atoms with Crippen LogP contribution in [0, 0.1) is 21.7 Å². The van der Waals surface area contributed by atoms with Crippen LogP contribution in [-0.4, -0.2) is 16.0 Å². The summed E-state index contributed by atoms with van der Waals surface area (Å²) in [6.07, 6.45) is 1.31. The van der Waals surface area contributed by atoms with Gasteiger partial charge in [0.25, 0.3) is 0 Å². The summed E-state index contributed by atoms with van der Waals surface area (Å²) >= 11 is 0. The summed E-state index contributed by atoms with van der Waals surface area (Å²) in [5.74, 6) is -3.75. The fourth-order valence-electron chi connectivity index (χ4n) is 1.07. The highest BCUT2D eigenvalue weighted by atomic mass is 19.1. The molecule has 84 valence electrons. The normalized spacial score (nSPS) is 10.6. The molecule has 7 heteroatoms. The molecule has 1 aromatic carbocycles. The molecule has 5 nitrogen and oxygen atoms in total. The van der Waals surface area contributed by atoms with Crippen LogP contribution >= 0.6 is 0 Å². The van der Waals surface area contributed by atoms with Crippen LogP contribution in [0.4, 0.5) is 14.5 Å². The first-order valence-electron chi connectivity index (χ1n) is 3.96. The lowest BCUT2D eigenvalue weighted by molar-refractivity contribution is -0.387. The Hall–Kier alpha value is -2.31. The van der Waals surface area contributed by atoms with E-state index in [4.69, 9.17) is 5.11 Å². The van der Waals surface area contributed by atoms with Gasteiger partial charge in [-0.15, -0.1) is 0 Å². The fraction of sp³-hybridized carbons (Fsp3) is 0. The van der Waals surface area contributed by atoms with E-state index in [9.17, 15) is 23.7 Å². The van der Waals surface area contributed by atoms with E-state index in [1.165, 1.54) is 0 Å². The topological polar surface area (TPSA) is 80.4 Å². The number of carbonyl (C=O) groups is 1. The van der Waals surface area contributed by atoms with Gasteiger partial charge in [0.2, 0.25) is 5.82 Å². The molecular weight excluding hydrogens is 224 g/mol. The quantitative estimate of drug-likeness (QED) is 0.488. The Morgan fingerprint density at radius 3 is 2.56 bits per heavy atom. The van der Waals surface area contributed by atoms with Crippen LogP contribution < -0.4 is 0 Å². The summed E-state index contributed by atoms with van der Waals surface area (Å²) < 4.78 is 25.8. The third-order valence-electron chi connectivity index (χ3n) is 1.65. The van der Waals surface area contributed by atoms with Gasteiger partial charge < -0.3 is 5.11 Å². The molecule has 0 aliphatic rings. The number of nitro groups is 1. The molecule has 0 atom stereocenters. The molecule has 0 fully saturated rings. The molecule has 0 saturated heterocycles. The zero-order valence-corrected chi connectivity index (χ0v) is 7.68. The van der Waals surface area contributed by atoms with Crippen molar-refractivity contribution in [3.63, 3.8) is 0 Å². The van der Waals surface area contributed by atoms with E-state index in [2.05, 4.69) is 0 Å². The van der Waals surface area contributed by atoms with Crippen molar-refractivity contribution in [1.29, 1.82) is 0 Å². The lowest BCUT2D eigenvalue weighted by Crippen LogP contribution is -1.97. The molecule has 0 unspecified atom stereocenters. The first-order valence-corrected chi connectivity index (χ1v) is 3.96. The Labute approximate surface area is 87.8 Å². The van der Waals surface area contributed by atoms with E-state index in [0.29, 0.717) is 18.2 Å². The second kappa shape index (κ2) is 4.47. The molecule has 0 aliphatic heterocycles. The van der Waals surface area contributed by atoms with Gasteiger partial charge in [-0.1, -0.05) is 0 Å². The first-order chi connectivity index (χ1) is 7.41. The predicted molar refractivity (Wildman–Crippen MR) is 49.7 cm³/mol. The number of carboxylic acid groups (broad SMARTS) is 1. The second-order valence-electron chi connectivity index (χ2n) is 2.75. The average molecular weight is 229 g/mol. The summed E-state index contributed by atoms with van der Waals surface area (Å²) in [6.45, 7) is 0. The molecule has 0 amide bonds. The van der Waals surface area contributed by atoms with Crippen molar-refractivity contribution < 1.29 is 23.6 Å². The van der Waals surface area contributed by atoms with E-state index >= 15 is 0 Å². The zero-order chi connectivity index (χ0) is 12.3. The molecule has 0 radical (unpaired) electrons. The van der Waals surface area contributed by atoms with Gasteiger partial charge in [-0.25, -0.2) is 9.18 Å². The minimum Gasteiger partial charge on any atom is -0.478 e. The Morgan fingerprint density at radius 1 is 1.44 bits per heavy atom. The molecule has 0 saturated carbocycles. The number of aliphatic carboxylic acids is 1. The van der Waals surface area contributed by atoms with Crippen LogP contribution in [0.1, 0.15) is 5.56 Å². The van der Waals surface area contributed by atoms with Gasteiger partial charge >= 0.3 is 11.7 Å². The van der Waals surface area contributed by atoms with Gasteiger partial charge in [0.1, 0.15) is 5.82 Å². The minimum atomic E-state index is -1.38. The number of rotatable bonds is 3. The van der Waals surface area contributed by atoms with Crippen molar-refractivity contribution >= 4 is 17.7 Å². The van der Waals surface area contributed by atoms with Gasteiger partial charge in [-0.3, -0.25) is 10.1 Å². The number of hydrogen-bond acceptors (Lipinski definition) is 3. The highest BCUT2D eigenvalue weighted by Gasteiger charge is 2.20. The van der Waals surface area contributed by atoms with Crippen LogP contribution in [0.3, 0.4) is 0 Å². The van der Waals surface area contributed by atoms with E-state index < -0.39 is 33.8 Å². The third-order valence-corrected chi connectivity index (χ3v) is 1.65. The number of halogens is 2. The molecule has 1 N–H and O–H groups in total. The predicted octanol–water partition coefficient (Wildman–Crippen LogP) is 1.97. The Balaban J connectivity index is 3.35. The molecule has 1 rings (SSSR count). The summed E-state index contributed by atoms with van der Waals surface area (Å²) in [5, 5.41) is 18.8. The maximum absolute atomic E-state index is 13.0. The monoisotopic (exact) mass is 229 g/mol. The standard InChI is InChI=1S/C9H5F2NO4/c10-6-3-5(1-2-8(13)14)9(12(15)16)7(11)4-6/h1-4H,(H,13,14)/b2-1+. The van der Waals surface area contributed by atoms with Crippen molar-refractivity contribution in [3.8, 4) is 0 Å². The summed E-state index contributed by atoms with van der Waals surface area (Å²) in [4.78, 5) is 19.6. The SMILES string of the molecule is O=C(O)/C=C/c1cc(F)cc(F)c1[N+](=O)[O-]. The average Bonchev–Trinajstić information content (AvgIpc) is 2.12. The van der Waals surface area contributed by atoms with Crippen molar-refractivity contribution in [3.05, 3.63) is 45.5 Å². The van der Waals surface area contributed by atoms with Crippen molar-refractivity contribution in [1.82, 2.24) is 0 Å². The van der Waals surface area contributed by atoms with Crippen LogP contribution in [-0.2, 0) is 4.79 Å². The van der Waals surface area contributed by atoms with E-state index in [1.54, 1.807) is 0 Å². The molecule has 0 heterocycles. The molecule has 0 spiro atoms. The van der Waals surface area contributed by atoms with Crippen LogP contribution in [0.5, 0.6) is 0 Å². The first kappa shape index (κ1) is 11.8. The smallest absolute Gasteiger partial charge is 0.328 e. The highest BCUT2D eigenvalue weighted by molar-refractivity contribution is 5.86. The number of benzene rings is 1. The van der Waals surface area contributed by atoms with Crippen LogP contribution in [0.2, 0.25) is 0 Å². The Bertz CT molecular complexity index is 485. The Morgan fingerprint density at radius 2 is 2.06 bits per heavy atom. The van der Waals surface area contributed by atoms with Crippen molar-refractivity contribution in [2.24, 2.45) is 0 Å². The zero-order valence-electron chi connectivity index (χ0n) is 7.68. The van der Waals surface area contributed by atoms with Gasteiger partial charge in [-0.05, 0) is 12.1 Å². The molecular formula is C9H5F2NO4. The summed E-state index contributed by atoms with van der Waals surface area (Å²) in [6, 6.07) is 1.04. The van der Waals surface area contributed by atoms with Gasteiger partial charge in [0, 0.05) is 12.1 Å². The molecule has 16 heavy (non-hydrogen) atoms. The number of nitro benzene ring substituents is 1. The maximum Gasteiger partial charge on any atom is 0.328 e. The molecule has 0 bridgehead atoms. The summed E-state index contributed by atoms with van der Waals surface area (Å²) in [5.41, 5.74) is -1.40. The van der Waals surface area contributed by atoms with Gasteiger partial charge in [-0.2, -0.15) is 4.39 Å². The minimum absolute atomic E-state index is 0.357. The Kier molecular flexibility index (Phi) is 3.29. The van der Waals surface area contributed by atoms with Gasteiger partial charge in [0.15, 0.2) is 0 Å². The molecule has 1 aromatic rings. The highest BCUT2D eigenvalue weighted by Crippen LogP contribution is 2.25. The summed E-state index contributed by atoms with van der Waals surface area (Å²) in [7, 11) is 0. The second-order valence-corrected chi connectivity index (χ2v) is 2.75. The van der Waals surface area contributed by atoms with Crippen LogP contribution in [0.15, 0.2) is 18.2 Å². The lowest BCUT2D eigenvalue weighted by atomic mass is 10.1. The van der Waals surface area contributed by atoms with E-state index in [0.717, 1.165) is 6.08 Å². The van der Waals surface area contributed by atoms with E-state index in [1.807, 2.05) is 0 Å². The number of nitrogens with zero attached hydrogens (tertiary/aromatic N) is 1. The van der Waals surface area contributed by atoms with Gasteiger partial charge in [0.05, 0.1) is 10.5 Å².